The lowest BCUT2D eigenvalue weighted by Crippen LogP contribution is -2.31. The summed E-state index contributed by atoms with van der Waals surface area (Å²) < 4.78 is 16.0. The molecule has 0 aromatic heterocycles. The SMILES string of the molecule is COc1ccc(C[C@@H]2NCCc3cc(OC)c(OC)cc32)cc1O. The van der Waals surface area contributed by atoms with Crippen molar-refractivity contribution in [1.82, 2.24) is 5.32 Å². The van der Waals surface area contributed by atoms with Crippen molar-refractivity contribution in [3.8, 4) is 23.0 Å². The third kappa shape index (κ3) is 3.12. The van der Waals surface area contributed by atoms with Gasteiger partial charge in [0.1, 0.15) is 0 Å². The topological polar surface area (TPSA) is 60.0 Å². The Labute approximate surface area is 142 Å². The molecule has 128 valence electrons. The highest BCUT2D eigenvalue weighted by atomic mass is 16.5. The molecule has 0 spiro atoms. The predicted molar refractivity (Wildman–Crippen MR) is 92.4 cm³/mol. The van der Waals surface area contributed by atoms with Crippen LogP contribution in [0.25, 0.3) is 0 Å². The van der Waals surface area contributed by atoms with Crippen molar-refractivity contribution in [1.29, 1.82) is 0 Å². The van der Waals surface area contributed by atoms with Gasteiger partial charge in [0.2, 0.25) is 0 Å². The van der Waals surface area contributed by atoms with E-state index in [-0.39, 0.29) is 11.8 Å². The van der Waals surface area contributed by atoms with Gasteiger partial charge in [0, 0.05) is 6.04 Å². The summed E-state index contributed by atoms with van der Waals surface area (Å²) in [7, 11) is 4.85. The molecule has 2 N–H and O–H groups in total. The number of ether oxygens (including phenoxy) is 3. The van der Waals surface area contributed by atoms with Crippen LogP contribution in [0.5, 0.6) is 23.0 Å². The van der Waals surface area contributed by atoms with E-state index in [1.54, 1.807) is 33.5 Å². The van der Waals surface area contributed by atoms with Gasteiger partial charge < -0.3 is 24.6 Å². The Balaban J connectivity index is 1.90. The Morgan fingerprint density at radius 3 is 2.38 bits per heavy atom. The summed E-state index contributed by atoms with van der Waals surface area (Å²) in [5.74, 6) is 2.15. The van der Waals surface area contributed by atoms with Gasteiger partial charge in [-0.2, -0.15) is 0 Å². The van der Waals surface area contributed by atoms with Crippen LogP contribution in [-0.4, -0.2) is 33.0 Å². The van der Waals surface area contributed by atoms with Gasteiger partial charge >= 0.3 is 0 Å². The Bertz CT molecular complexity index is 730. The molecule has 1 aliphatic rings. The second-order valence-corrected chi connectivity index (χ2v) is 5.87. The zero-order chi connectivity index (χ0) is 17.1. The molecule has 1 heterocycles. The summed E-state index contributed by atoms with van der Waals surface area (Å²) >= 11 is 0. The fourth-order valence-electron chi connectivity index (χ4n) is 3.25. The van der Waals surface area contributed by atoms with Gasteiger partial charge in [-0.1, -0.05) is 6.07 Å². The third-order valence-corrected chi connectivity index (χ3v) is 4.49. The second-order valence-electron chi connectivity index (χ2n) is 5.87. The zero-order valence-electron chi connectivity index (χ0n) is 14.3. The van der Waals surface area contributed by atoms with E-state index in [1.165, 1.54) is 11.1 Å². The highest BCUT2D eigenvalue weighted by Crippen LogP contribution is 2.37. The number of aromatic hydroxyl groups is 1. The molecule has 0 saturated heterocycles. The standard InChI is InChI=1S/C19H23NO4/c1-22-17-5-4-12(9-16(17)21)8-15-14-11-19(24-3)18(23-2)10-13(14)6-7-20-15/h4-5,9-11,15,20-21H,6-8H2,1-3H3/t15-/m0/s1. The molecule has 0 saturated carbocycles. The van der Waals surface area contributed by atoms with E-state index in [2.05, 4.69) is 11.4 Å². The molecule has 3 rings (SSSR count). The van der Waals surface area contributed by atoms with Gasteiger partial charge in [0.15, 0.2) is 23.0 Å². The molecule has 0 radical (unpaired) electrons. The fourth-order valence-corrected chi connectivity index (χ4v) is 3.25. The number of phenolic OH excluding ortho intramolecular Hbond substituents is 1. The number of methoxy groups -OCH3 is 3. The summed E-state index contributed by atoms with van der Waals surface area (Å²) in [6, 6.07) is 9.82. The van der Waals surface area contributed by atoms with Gasteiger partial charge in [-0.15, -0.1) is 0 Å². The molecular formula is C19H23NO4. The highest BCUT2D eigenvalue weighted by molar-refractivity contribution is 5.50. The van der Waals surface area contributed by atoms with Gasteiger partial charge in [0.25, 0.3) is 0 Å². The van der Waals surface area contributed by atoms with Crippen LogP contribution in [0.3, 0.4) is 0 Å². The molecule has 24 heavy (non-hydrogen) atoms. The Kier molecular flexibility index (Phi) is 4.81. The first-order valence-electron chi connectivity index (χ1n) is 8.00. The maximum atomic E-state index is 9.98. The summed E-state index contributed by atoms with van der Waals surface area (Å²) in [4.78, 5) is 0. The Hall–Kier alpha value is -2.40. The van der Waals surface area contributed by atoms with Crippen molar-refractivity contribution in [3.05, 3.63) is 47.0 Å². The van der Waals surface area contributed by atoms with Crippen LogP contribution < -0.4 is 19.5 Å². The minimum Gasteiger partial charge on any atom is -0.504 e. The molecule has 5 nitrogen and oxygen atoms in total. The lowest BCUT2D eigenvalue weighted by molar-refractivity contribution is 0.352. The van der Waals surface area contributed by atoms with E-state index in [0.29, 0.717) is 5.75 Å². The summed E-state index contributed by atoms with van der Waals surface area (Å²) in [6.07, 6.45) is 1.74. The van der Waals surface area contributed by atoms with Gasteiger partial charge in [0.05, 0.1) is 21.3 Å². The van der Waals surface area contributed by atoms with Crippen LogP contribution >= 0.6 is 0 Å². The normalized spacial score (nSPS) is 16.4. The first kappa shape index (κ1) is 16.5. The number of benzene rings is 2. The lowest BCUT2D eigenvalue weighted by atomic mass is 9.89. The van der Waals surface area contributed by atoms with Crippen LogP contribution in [0.4, 0.5) is 0 Å². The number of nitrogens with one attached hydrogen (secondary N) is 1. The molecule has 5 heteroatoms. The summed E-state index contributed by atoms with van der Waals surface area (Å²) in [5.41, 5.74) is 3.54. The van der Waals surface area contributed by atoms with Crippen LogP contribution in [-0.2, 0) is 12.8 Å². The van der Waals surface area contributed by atoms with E-state index in [1.807, 2.05) is 12.1 Å². The second kappa shape index (κ2) is 7.01. The molecule has 2 aromatic rings. The number of hydrogen-bond acceptors (Lipinski definition) is 5. The molecule has 0 amide bonds. The molecule has 0 aliphatic carbocycles. The Morgan fingerprint density at radius 2 is 1.71 bits per heavy atom. The predicted octanol–water partition coefficient (Wildman–Crippen LogP) is 2.85. The zero-order valence-corrected chi connectivity index (χ0v) is 14.3. The minimum absolute atomic E-state index is 0.165. The largest absolute Gasteiger partial charge is 0.504 e. The first-order valence-corrected chi connectivity index (χ1v) is 8.00. The van der Waals surface area contributed by atoms with Crippen molar-refractivity contribution in [2.24, 2.45) is 0 Å². The average Bonchev–Trinajstić information content (AvgIpc) is 2.61. The quantitative estimate of drug-likeness (QED) is 0.883. The first-order chi connectivity index (χ1) is 11.7. The Morgan fingerprint density at radius 1 is 1.00 bits per heavy atom. The monoisotopic (exact) mass is 329 g/mol. The van der Waals surface area contributed by atoms with Crippen molar-refractivity contribution < 1.29 is 19.3 Å². The maximum Gasteiger partial charge on any atom is 0.161 e. The van der Waals surface area contributed by atoms with Crippen molar-refractivity contribution in [3.63, 3.8) is 0 Å². The highest BCUT2D eigenvalue weighted by Gasteiger charge is 2.23. The fraction of sp³-hybridized carbons (Fsp3) is 0.368. The van der Waals surface area contributed by atoms with Crippen LogP contribution in [0, 0.1) is 0 Å². The number of fused-ring (bicyclic) bond motifs is 1. The third-order valence-electron chi connectivity index (χ3n) is 4.49. The lowest BCUT2D eigenvalue weighted by Gasteiger charge is -2.28. The van der Waals surface area contributed by atoms with Gasteiger partial charge in [-0.25, -0.2) is 0 Å². The van der Waals surface area contributed by atoms with Crippen molar-refractivity contribution >= 4 is 0 Å². The van der Waals surface area contributed by atoms with E-state index in [9.17, 15) is 5.11 Å². The smallest absolute Gasteiger partial charge is 0.161 e. The summed E-state index contributed by atoms with van der Waals surface area (Å²) in [5, 5.41) is 13.5. The van der Waals surface area contributed by atoms with E-state index in [4.69, 9.17) is 14.2 Å². The molecule has 1 aliphatic heterocycles. The summed E-state index contributed by atoms with van der Waals surface area (Å²) in [6.45, 7) is 0.912. The molecule has 0 unspecified atom stereocenters. The van der Waals surface area contributed by atoms with E-state index < -0.39 is 0 Å². The maximum absolute atomic E-state index is 9.98. The molecular weight excluding hydrogens is 306 g/mol. The minimum atomic E-state index is 0.165. The number of phenols is 1. The van der Waals surface area contributed by atoms with Gasteiger partial charge in [-0.3, -0.25) is 0 Å². The van der Waals surface area contributed by atoms with Gasteiger partial charge in [-0.05, 0) is 60.3 Å². The van der Waals surface area contributed by atoms with E-state index >= 15 is 0 Å². The van der Waals surface area contributed by atoms with Crippen LogP contribution in [0.15, 0.2) is 30.3 Å². The number of rotatable bonds is 5. The van der Waals surface area contributed by atoms with Crippen molar-refractivity contribution in [2.75, 3.05) is 27.9 Å². The molecule has 1 atom stereocenters. The molecule has 0 bridgehead atoms. The molecule has 2 aromatic carbocycles. The number of hydrogen-bond donors (Lipinski definition) is 2. The molecule has 0 fully saturated rings. The van der Waals surface area contributed by atoms with Crippen molar-refractivity contribution in [2.45, 2.75) is 18.9 Å². The van der Waals surface area contributed by atoms with Crippen LogP contribution in [0.1, 0.15) is 22.7 Å². The van der Waals surface area contributed by atoms with Crippen LogP contribution in [0.2, 0.25) is 0 Å². The van der Waals surface area contributed by atoms with E-state index in [0.717, 1.165) is 36.4 Å². The average molecular weight is 329 g/mol.